The predicted molar refractivity (Wildman–Crippen MR) is 451 cm³/mol. The summed E-state index contributed by atoms with van der Waals surface area (Å²) < 4.78 is 0. The Hall–Kier alpha value is -10.2. The number of halogens is 1. The number of alkyl halides is 1. The monoisotopic (exact) mass is 1670 g/mol. The van der Waals surface area contributed by atoms with Gasteiger partial charge in [0.1, 0.15) is 23.1 Å². The second-order valence-electron chi connectivity index (χ2n) is 31.9. The van der Waals surface area contributed by atoms with Gasteiger partial charge in [-0.15, -0.1) is 0 Å². The van der Waals surface area contributed by atoms with E-state index < -0.39 is 82.3 Å². The Morgan fingerprint density at radius 3 is 1.24 bits per heavy atom. The number of H-pyrrole nitrogens is 4. The first-order chi connectivity index (χ1) is 52.5. The van der Waals surface area contributed by atoms with Crippen LogP contribution in [0.3, 0.4) is 0 Å². The number of nitrogen functional groups attached to an aromatic ring is 3. The maximum Gasteiger partial charge on any atom is 0.378 e. The average Bonchev–Trinajstić information content (AvgIpc) is 1.63. The number of amides is 3. The van der Waals surface area contributed by atoms with E-state index in [4.69, 9.17) is 33.1 Å². The van der Waals surface area contributed by atoms with Crippen molar-refractivity contribution in [3.8, 4) is 0 Å². The van der Waals surface area contributed by atoms with Gasteiger partial charge in [-0.1, -0.05) is 110 Å². The van der Waals surface area contributed by atoms with Crippen molar-refractivity contribution in [2.24, 2.45) is 22.0 Å². The van der Waals surface area contributed by atoms with Crippen molar-refractivity contribution in [3.05, 3.63) is 188 Å². The lowest BCUT2D eigenvalue weighted by Crippen LogP contribution is -2.54. The number of nitro groups is 3. The molecular weight excluding hydrogens is 1560 g/mol. The Bertz CT molecular complexity index is 4970. The van der Waals surface area contributed by atoms with Crippen LogP contribution in [0.4, 0.5) is 34.1 Å². The van der Waals surface area contributed by atoms with Gasteiger partial charge in [0.05, 0.1) is 80.6 Å². The molecule has 17 N–H and O–H groups in total. The van der Waals surface area contributed by atoms with E-state index in [2.05, 4.69) is 56.6 Å². The second kappa shape index (κ2) is 39.0. The third kappa shape index (κ3) is 22.3. The molecule has 10 rings (SSSR count). The Balaban J connectivity index is 0.000000298. The predicted octanol–water partition coefficient (Wildman–Crippen LogP) is 6.37. The van der Waals surface area contributed by atoms with Gasteiger partial charge in [0.25, 0.3) is 17.1 Å². The molecule has 626 valence electrons. The molecule has 0 bridgehead atoms. The van der Waals surface area contributed by atoms with Crippen LogP contribution in [-0.2, 0) is 50.4 Å². The number of carbonyl (C=O) groups excluding carboxylic acids is 3. The number of nitrogens with two attached hydrogens (primary N) is 4. The number of aliphatic hydroxyl groups excluding tert-OH is 1. The molecule has 4 unspecified atom stereocenters. The number of carbonyl (C=O) groups is 4. The van der Waals surface area contributed by atoms with E-state index in [1.165, 1.54) is 18.2 Å². The molecule has 7 aromatic rings. The van der Waals surface area contributed by atoms with Crippen LogP contribution in [0, 0.1) is 88.1 Å². The number of hydrogen-bond acceptors (Lipinski definition) is 25. The number of hydrogen-bond donors (Lipinski definition) is 13. The molecule has 3 aliphatic rings. The summed E-state index contributed by atoms with van der Waals surface area (Å²) in [7, 11) is 3.02. The largest absolute Gasteiger partial charge is 0.480 e. The molecule has 0 saturated carbocycles. The van der Waals surface area contributed by atoms with E-state index in [-0.39, 0.29) is 113 Å². The highest BCUT2D eigenvalue weighted by Gasteiger charge is 2.53. The van der Waals surface area contributed by atoms with Gasteiger partial charge in [-0.3, -0.25) is 83.1 Å². The number of carboxylic acids is 1. The lowest BCUT2D eigenvalue weighted by Gasteiger charge is -2.39. The zero-order valence-corrected chi connectivity index (χ0v) is 69.9. The second-order valence-corrected chi connectivity index (χ2v) is 32.5. The van der Waals surface area contributed by atoms with Crippen LogP contribution in [0.5, 0.6) is 0 Å². The molecule has 2 aromatic heterocycles. The zero-order chi connectivity index (χ0) is 87.1. The fourth-order valence-electron chi connectivity index (χ4n) is 14.8. The van der Waals surface area contributed by atoms with Crippen molar-refractivity contribution in [1.82, 2.24) is 49.1 Å². The molecule has 3 amide bonds. The number of nitrogens with one attached hydrogen (secondary N) is 4. The van der Waals surface area contributed by atoms with Crippen molar-refractivity contribution in [1.29, 1.82) is 0 Å². The van der Waals surface area contributed by atoms with Crippen LogP contribution < -0.4 is 45.2 Å². The quantitative estimate of drug-likeness (QED) is 0.0132. The van der Waals surface area contributed by atoms with E-state index in [1.54, 1.807) is 98.4 Å². The lowest BCUT2D eigenvalue weighted by molar-refractivity contribution is -0.384. The van der Waals surface area contributed by atoms with Crippen LogP contribution in [0.25, 0.3) is 22.1 Å². The molecule has 5 heterocycles. The third-order valence-corrected chi connectivity index (χ3v) is 20.9. The van der Waals surface area contributed by atoms with Gasteiger partial charge in [-0.25, -0.2) is 0 Å². The van der Waals surface area contributed by atoms with Gasteiger partial charge in [0.2, 0.25) is 17.7 Å². The Morgan fingerprint density at radius 1 is 0.530 bits per heavy atom. The minimum Gasteiger partial charge on any atom is -0.480 e. The number of rotatable bonds is 15. The SMILES string of the molecule is C.CB(O)N1C(Cc2c(C)ccc([N+](=O)[O-])c2N)C(=O)N(C)[C@@H]1C(C)(C)C.CB(O)N1C(Cc2c(C)ccc3[nH]c(=O)c(=O)[nH]c23)C(=O)N(C)[C@@H]1C(C)(C)C.CB(O)N1CC(=O)N(C)C1C(C)(C)C.Cc1cc2[nH]c(=O)c(=O)[nH]c2c(CC(N)C(=O)O)c1C.Cc1ccc([N+](=O)[O-])c(N)c1CBr.Cc1ccc([N+](=O)[O-])c(N)c1CO. The van der Waals surface area contributed by atoms with Crippen LogP contribution >= 0.6 is 15.9 Å². The van der Waals surface area contributed by atoms with Gasteiger partial charge < -0.3 is 82.9 Å². The summed E-state index contributed by atoms with van der Waals surface area (Å²) in [5, 5.41) is 80.9. The average molecular weight is 1670 g/mol. The number of nitrogens with zero attached hydrogens (tertiary/aromatic N) is 9. The molecule has 3 saturated heterocycles. The highest BCUT2D eigenvalue weighted by Crippen LogP contribution is 2.40. The molecule has 0 spiro atoms. The maximum atomic E-state index is 13.1. The van der Waals surface area contributed by atoms with Crippen molar-refractivity contribution in [3.63, 3.8) is 0 Å². The Morgan fingerprint density at radius 2 is 0.878 bits per heavy atom. The molecule has 6 atom stereocenters. The molecule has 115 heavy (non-hydrogen) atoms. The highest BCUT2D eigenvalue weighted by atomic mass is 79.9. The summed E-state index contributed by atoms with van der Waals surface area (Å²) in [6.07, 6.45) is 0.0158. The number of likely N-dealkylation sites (N-methyl/N-ethyl adjacent to an activating group) is 3. The van der Waals surface area contributed by atoms with Crippen LogP contribution in [0.1, 0.15) is 131 Å². The van der Waals surface area contributed by atoms with Crippen LogP contribution in [-0.4, -0.2) is 198 Å². The van der Waals surface area contributed by atoms with Crippen LogP contribution in [0.15, 0.2) is 73.8 Å². The van der Waals surface area contributed by atoms with Crippen LogP contribution in [0.2, 0.25) is 20.5 Å². The van der Waals surface area contributed by atoms with E-state index in [9.17, 15) is 83.8 Å². The Labute approximate surface area is 676 Å². The first-order valence-corrected chi connectivity index (χ1v) is 37.5. The first kappa shape index (κ1) is 97.2. The zero-order valence-electron chi connectivity index (χ0n) is 68.3. The van der Waals surface area contributed by atoms with Crippen molar-refractivity contribution < 1.29 is 59.2 Å². The smallest absolute Gasteiger partial charge is 0.378 e. The normalized spacial score (nSPS) is 17.4. The molecule has 3 aliphatic heterocycles. The molecule has 5 aromatic carbocycles. The van der Waals surface area contributed by atoms with Gasteiger partial charge >= 0.3 is 49.4 Å². The highest BCUT2D eigenvalue weighted by molar-refractivity contribution is 9.08. The van der Waals surface area contributed by atoms with Gasteiger partial charge in [-0.05, 0) is 159 Å². The fraction of sp³-hybridized carbons (Fsp3) is 0.493. The van der Waals surface area contributed by atoms with E-state index in [0.29, 0.717) is 57.1 Å². The number of aromatic amines is 4. The molecule has 36 nitrogen and oxygen atoms in total. The summed E-state index contributed by atoms with van der Waals surface area (Å²) in [5.41, 5.74) is 29.4. The lowest BCUT2D eigenvalue weighted by atomic mass is 9.78. The van der Waals surface area contributed by atoms with E-state index in [1.807, 2.05) is 91.8 Å². The number of anilines is 3. The number of fused-ring (bicyclic) bond motifs is 2. The minimum atomic E-state index is -1.12. The summed E-state index contributed by atoms with van der Waals surface area (Å²) in [5.74, 6) is -1.25. The Kier molecular flexibility index (Phi) is 32.9. The van der Waals surface area contributed by atoms with Gasteiger partial charge in [0.15, 0.2) is 0 Å². The molecule has 3 fully saturated rings. The number of aryl methyl sites for hydroxylation is 5. The summed E-state index contributed by atoms with van der Waals surface area (Å²) in [6, 6.07) is 12.1. The third-order valence-electron chi connectivity index (χ3n) is 20.4. The number of aliphatic hydroxyl groups is 1. The number of carboxylic acid groups (broad SMARTS) is 1. The van der Waals surface area contributed by atoms with E-state index >= 15 is 0 Å². The minimum absolute atomic E-state index is 0. The fourth-order valence-corrected chi connectivity index (χ4v) is 15.5. The van der Waals surface area contributed by atoms with Gasteiger partial charge in [-0.2, -0.15) is 0 Å². The van der Waals surface area contributed by atoms with Gasteiger partial charge in [0, 0.05) is 56.7 Å². The van der Waals surface area contributed by atoms with E-state index in [0.717, 1.165) is 44.5 Å². The number of nitro benzene ring substituents is 3. The number of benzene rings is 5. The first-order valence-electron chi connectivity index (χ1n) is 36.4. The number of aliphatic carboxylic acids is 1. The number of aromatic nitrogens is 4. The molecular formula is C75H111B3BrN17O19. The topological polar surface area (TPSA) is 554 Å². The standard InChI is InChI=1S/C19H27BN4O4.C17H27BN4O4.C13H15N3O4.C9H19BN2O2.C8H9BrN2O2.C8H10N2O3.CH4/c1-10-7-8-12-14(22-16(26)15(25)21-12)11(10)9-13-17(27)23(6)18(19(2,3)4)24(13)20(5)28;1-10-7-8-12(22(25)26)14(19)11(10)9-13-15(23)20(6)16(17(2,3)4)21(13)18(5)24;1-5-3-9-10(16-12(18)11(17)15-9)7(6(5)2)4-8(14)13(19)20;1-9(2,3)8-11(5)7(13)6-12(8)10(4)14;1-5-2-3-7(11(12)13)8(10)6(5)4-9;1-5-2-3-7(10(12)13)8(9)6(5)4-11;/h7-8,13,18,28H,9H2,1-6H3,(H,21,25)(H,22,26);7-8,13,16,24H,9,19H2,1-6H3;3,8H,4,14H2,1-2H3,(H,15,17)(H,16,18)(H,19,20);8,14H,6H2,1-5H3;2-3H,4,10H2,1H3;2-3,11H,4,9H2,1H3;1H4/t13?,18-;13?,16-;;;;;/m00...../s1. The summed E-state index contributed by atoms with van der Waals surface area (Å²) >= 11 is 3.24. The maximum absolute atomic E-state index is 13.1. The summed E-state index contributed by atoms with van der Waals surface area (Å²) in [4.78, 5) is 146. The molecule has 40 heteroatoms. The van der Waals surface area contributed by atoms with Crippen molar-refractivity contribution in [2.45, 2.75) is 200 Å². The molecule has 0 aliphatic carbocycles. The summed E-state index contributed by atoms with van der Waals surface area (Å²) in [6.45, 7) is 34.3. The molecule has 0 radical (unpaired) electrons. The van der Waals surface area contributed by atoms with Crippen molar-refractivity contribution in [2.75, 3.05) is 44.9 Å². The van der Waals surface area contributed by atoms with Crippen molar-refractivity contribution >= 4 is 117 Å².